The average molecular weight is 438 g/mol. The van der Waals surface area contributed by atoms with E-state index >= 15 is 0 Å². The van der Waals surface area contributed by atoms with Crippen molar-refractivity contribution in [2.45, 2.75) is 6.42 Å². The molecular formula is C22H16FN3O2S2. The molecule has 2 amide bonds. The summed E-state index contributed by atoms with van der Waals surface area (Å²) in [5.41, 5.74) is 1.50. The van der Waals surface area contributed by atoms with Crippen molar-refractivity contribution in [2.75, 3.05) is 10.6 Å². The molecule has 0 radical (unpaired) electrons. The second-order valence-corrected chi connectivity index (χ2v) is 8.43. The van der Waals surface area contributed by atoms with Crippen LogP contribution in [0, 0.1) is 5.82 Å². The van der Waals surface area contributed by atoms with Crippen LogP contribution in [0.15, 0.2) is 72.2 Å². The zero-order chi connectivity index (χ0) is 20.9. The van der Waals surface area contributed by atoms with E-state index < -0.39 is 0 Å². The van der Waals surface area contributed by atoms with Crippen LogP contribution >= 0.6 is 22.7 Å². The number of hydrogen-bond acceptors (Lipinski definition) is 5. The number of thiophene rings is 1. The van der Waals surface area contributed by atoms with Crippen LogP contribution in [-0.2, 0) is 6.42 Å². The molecule has 0 saturated carbocycles. The number of carbonyl (C=O) groups is 2. The highest BCUT2D eigenvalue weighted by Gasteiger charge is 2.12. The maximum Gasteiger partial charge on any atom is 0.265 e. The summed E-state index contributed by atoms with van der Waals surface area (Å²) in [5.74, 6) is -0.827. The van der Waals surface area contributed by atoms with E-state index in [1.54, 1.807) is 60.8 Å². The minimum atomic E-state index is -0.339. The van der Waals surface area contributed by atoms with Crippen LogP contribution in [0.1, 0.15) is 30.5 Å². The third-order valence-electron chi connectivity index (χ3n) is 4.22. The van der Waals surface area contributed by atoms with Crippen LogP contribution in [-0.4, -0.2) is 16.8 Å². The van der Waals surface area contributed by atoms with Crippen molar-refractivity contribution in [3.63, 3.8) is 0 Å². The number of benzene rings is 2. The van der Waals surface area contributed by atoms with E-state index in [-0.39, 0.29) is 17.6 Å². The Bertz CT molecular complexity index is 1190. The highest BCUT2D eigenvalue weighted by atomic mass is 32.1. The Morgan fingerprint density at radius 1 is 0.967 bits per heavy atom. The number of anilines is 2. The summed E-state index contributed by atoms with van der Waals surface area (Å²) < 4.78 is 13.8. The van der Waals surface area contributed by atoms with Gasteiger partial charge < -0.3 is 5.32 Å². The van der Waals surface area contributed by atoms with Gasteiger partial charge in [-0.15, -0.1) is 22.7 Å². The molecule has 30 heavy (non-hydrogen) atoms. The van der Waals surface area contributed by atoms with E-state index in [2.05, 4.69) is 15.6 Å². The van der Waals surface area contributed by atoms with E-state index in [1.807, 2.05) is 5.38 Å². The van der Waals surface area contributed by atoms with Crippen LogP contribution in [0.3, 0.4) is 0 Å². The van der Waals surface area contributed by atoms with Crippen LogP contribution < -0.4 is 10.6 Å². The molecule has 4 rings (SSSR count). The van der Waals surface area contributed by atoms with E-state index in [1.165, 1.54) is 28.7 Å². The summed E-state index contributed by atoms with van der Waals surface area (Å²) in [7, 11) is 0. The summed E-state index contributed by atoms with van der Waals surface area (Å²) >= 11 is 2.64. The summed E-state index contributed by atoms with van der Waals surface area (Å²) in [5, 5.41) is 7.79. The van der Waals surface area contributed by atoms with Crippen molar-refractivity contribution in [1.82, 2.24) is 4.98 Å². The quantitative estimate of drug-likeness (QED) is 0.422. The Labute approximate surface area is 180 Å². The van der Waals surface area contributed by atoms with Crippen molar-refractivity contribution in [3.8, 4) is 0 Å². The Kier molecular flexibility index (Phi) is 5.97. The number of nitrogens with zero attached hydrogens (tertiary/aromatic N) is 1. The number of carbonyl (C=O) groups excluding carboxylic acids is 2. The van der Waals surface area contributed by atoms with Crippen LogP contribution in [0.5, 0.6) is 0 Å². The Morgan fingerprint density at radius 3 is 2.63 bits per heavy atom. The predicted molar refractivity (Wildman–Crippen MR) is 118 cm³/mol. The maximum absolute atomic E-state index is 13.8. The van der Waals surface area contributed by atoms with Crippen molar-refractivity contribution >= 4 is 45.3 Å². The molecule has 0 unspecified atom stereocenters. The van der Waals surface area contributed by atoms with Crippen LogP contribution in [0.25, 0.3) is 0 Å². The van der Waals surface area contributed by atoms with Gasteiger partial charge in [0.2, 0.25) is 0 Å². The van der Waals surface area contributed by atoms with Crippen molar-refractivity contribution in [3.05, 3.63) is 98.9 Å². The second kappa shape index (κ2) is 8.98. The Morgan fingerprint density at radius 2 is 1.83 bits per heavy atom. The molecule has 2 aromatic carbocycles. The number of rotatable bonds is 6. The molecule has 0 saturated heterocycles. The fraction of sp³-hybridized carbons (Fsp3) is 0.0455. The number of hydrogen-bond donors (Lipinski definition) is 2. The van der Waals surface area contributed by atoms with Gasteiger partial charge in [-0.1, -0.05) is 30.3 Å². The molecule has 0 bridgehead atoms. The first-order valence-corrected chi connectivity index (χ1v) is 10.7. The third-order valence-corrected chi connectivity index (χ3v) is 6.01. The molecule has 150 valence electrons. The minimum Gasteiger partial charge on any atom is -0.321 e. The van der Waals surface area contributed by atoms with E-state index in [0.29, 0.717) is 33.2 Å². The molecule has 2 N–H and O–H groups in total. The van der Waals surface area contributed by atoms with Gasteiger partial charge in [-0.2, -0.15) is 0 Å². The first kappa shape index (κ1) is 19.9. The molecular weight excluding hydrogens is 421 g/mol. The summed E-state index contributed by atoms with van der Waals surface area (Å²) in [6, 6.07) is 16.8. The first-order valence-electron chi connectivity index (χ1n) is 9.03. The monoisotopic (exact) mass is 437 g/mol. The molecule has 0 aliphatic rings. The maximum atomic E-state index is 13.8. The molecule has 0 spiro atoms. The normalized spacial score (nSPS) is 10.6. The Balaban J connectivity index is 1.41. The van der Waals surface area contributed by atoms with Gasteiger partial charge in [-0.3, -0.25) is 14.9 Å². The second-order valence-electron chi connectivity index (χ2n) is 6.37. The number of amides is 2. The zero-order valence-corrected chi connectivity index (χ0v) is 17.2. The number of nitrogens with one attached hydrogen (secondary N) is 2. The van der Waals surface area contributed by atoms with Crippen LogP contribution in [0.2, 0.25) is 0 Å². The van der Waals surface area contributed by atoms with Gasteiger partial charge in [0, 0.05) is 28.7 Å². The summed E-state index contributed by atoms with van der Waals surface area (Å²) in [6.45, 7) is 0. The van der Waals surface area contributed by atoms with E-state index in [0.717, 1.165) is 4.88 Å². The van der Waals surface area contributed by atoms with Gasteiger partial charge in [0.15, 0.2) is 5.13 Å². The zero-order valence-electron chi connectivity index (χ0n) is 15.6. The lowest BCUT2D eigenvalue weighted by Gasteiger charge is -2.06. The molecule has 5 nitrogen and oxygen atoms in total. The third kappa shape index (κ3) is 4.79. The highest BCUT2D eigenvalue weighted by molar-refractivity contribution is 7.15. The lowest BCUT2D eigenvalue weighted by Crippen LogP contribution is -2.14. The molecule has 0 aliphatic heterocycles. The van der Waals surface area contributed by atoms with Gasteiger partial charge in [0.25, 0.3) is 11.8 Å². The van der Waals surface area contributed by atoms with Crippen molar-refractivity contribution in [1.29, 1.82) is 0 Å². The molecule has 8 heteroatoms. The lowest BCUT2D eigenvalue weighted by molar-refractivity contribution is 0.101. The van der Waals surface area contributed by atoms with Gasteiger partial charge in [0.05, 0.1) is 4.88 Å². The summed E-state index contributed by atoms with van der Waals surface area (Å²) in [6.07, 6.45) is 2.04. The van der Waals surface area contributed by atoms with Crippen LogP contribution in [0.4, 0.5) is 15.2 Å². The van der Waals surface area contributed by atoms with Gasteiger partial charge in [0.1, 0.15) is 5.82 Å². The SMILES string of the molecule is O=C(Nc1ncc(Cc2ccccc2F)s1)c1cccc(NC(=O)c2cccs2)c1. The average Bonchev–Trinajstić information content (AvgIpc) is 3.42. The lowest BCUT2D eigenvalue weighted by atomic mass is 10.1. The molecule has 2 heterocycles. The highest BCUT2D eigenvalue weighted by Crippen LogP contribution is 2.23. The predicted octanol–water partition coefficient (Wildman–Crippen LogP) is 5.44. The number of aromatic nitrogens is 1. The summed E-state index contributed by atoms with van der Waals surface area (Å²) in [4.78, 5) is 30.4. The largest absolute Gasteiger partial charge is 0.321 e. The van der Waals surface area contributed by atoms with Crippen molar-refractivity contribution in [2.24, 2.45) is 0 Å². The molecule has 0 aliphatic carbocycles. The fourth-order valence-corrected chi connectivity index (χ4v) is 4.23. The van der Waals surface area contributed by atoms with Gasteiger partial charge in [-0.05, 0) is 41.3 Å². The van der Waals surface area contributed by atoms with E-state index in [9.17, 15) is 14.0 Å². The molecule has 0 atom stereocenters. The smallest absolute Gasteiger partial charge is 0.265 e. The molecule has 4 aromatic rings. The van der Waals surface area contributed by atoms with Gasteiger partial charge in [-0.25, -0.2) is 9.37 Å². The fourth-order valence-electron chi connectivity index (χ4n) is 2.78. The Hall–Kier alpha value is -3.36. The van der Waals surface area contributed by atoms with Gasteiger partial charge >= 0.3 is 0 Å². The molecule has 0 fully saturated rings. The van der Waals surface area contributed by atoms with Crippen molar-refractivity contribution < 1.29 is 14.0 Å². The number of halogens is 1. The topological polar surface area (TPSA) is 71.1 Å². The molecule has 2 aromatic heterocycles. The number of thiazole rings is 1. The minimum absolute atomic E-state index is 0.222. The standard InChI is InChI=1S/C22H16FN3O2S2/c23-18-8-2-1-5-14(18)12-17-13-24-22(30-17)26-20(27)15-6-3-7-16(11-15)25-21(28)19-9-4-10-29-19/h1-11,13H,12H2,(H,25,28)(H,24,26,27). The first-order chi connectivity index (χ1) is 14.6. The van der Waals surface area contributed by atoms with E-state index in [4.69, 9.17) is 0 Å².